The molecule has 2 heterocycles. The van der Waals surface area contributed by atoms with E-state index in [-0.39, 0.29) is 12.3 Å². The molecule has 0 fully saturated rings. The van der Waals surface area contributed by atoms with Gasteiger partial charge in [-0.15, -0.1) is 0 Å². The lowest BCUT2D eigenvalue weighted by atomic mass is 10.0. The monoisotopic (exact) mass is 408 g/mol. The predicted octanol–water partition coefficient (Wildman–Crippen LogP) is 3.80. The van der Waals surface area contributed by atoms with Crippen LogP contribution in [0.4, 0.5) is 0 Å². The van der Waals surface area contributed by atoms with Gasteiger partial charge in [-0.25, -0.2) is 0 Å². The third-order valence-corrected chi connectivity index (χ3v) is 6.29. The van der Waals surface area contributed by atoms with Crippen molar-refractivity contribution in [3.8, 4) is 0 Å². The van der Waals surface area contributed by atoms with Crippen LogP contribution in [0.25, 0.3) is 12.7 Å². The molecule has 136 valence electrons. The topological polar surface area (TPSA) is 54.6 Å². The summed E-state index contributed by atoms with van der Waals surface area (Å²) in [5.41, 5.74) is 1.03. The molecule has 0 saturated carbocycles. The summed E-state index contributed by atoms with van der Waals surface area (Å²) in [7, 11) is 1.71. The predicted molar refractivity (Wildman–Crippen MR) is 108 cm³/mol. The van der Waals surface area contributed by atoms with E-state index in [2.05, 4.69) is 16.1 Å². The third kappa shape index (κ3) is 3.70. The van der Waals surface area contributed by atoms with Gasteiger partial charge in [-0.1, -0.05) is 41.5 Å². The van der Waals surface area contributed by atoms with Crippen molar-refractivity contribution in [3.05, 3.63) is 44.5 Å². The molecule has 0 bridgehead atoms. The molecule has 0 amide bonds. The highest BCUT2D eigenvalue weighted by molar-refractivity contribution is 7.99. The Hall–Kier alpha value is -1.69. The van der Waals surface area contributed by atoms with Crippen LogP contribution in [0.2, 0.25) is 10.0 Å². The number of hydrogen-bond donors (Lipinski definition) is 1. The molecule has 1 aliphatic heterocycles. The number of halogens is 2. The first kappa shape index (κ1) is 19.1. The molecule has 0 saturated heterocycles. The van der Waals surface area contributed by atoms with Gasteiger partial charge < -0.3 is 9.67 Å². The average Bonchev–Trinajstić information content (AvgIpc) is 3.09. The Morgan fingerprint density at radius 2 is 2.23 bits per heavy atom. The van der Waals surface area contributed by atoms with Gasteiger partial charge in [-0.3, -0.25) is 9.79 Å². The SMILES string of the molecule is C=c1c(Sc2ccc(Cl)c(Cl)c2)c2n(/c1=C/C=N\C)CCC2CC(=O)O. The minimum atomic E-state index is -0.790. The van der Waals surface area contributed by atoms with Crippen LogP contribution < -0.4 is 10.6 Å². The average molecular weight is 409 g/mol. The van der Waals surface area contributed by atoms with Crippen LogP contribution in [-0.4, -0.2) is 28.9 Å². The summed E-state index contributed by atoms with van der Waals surface area (Å²) in [6.45, 7) is 5.02. The number of fused-ring (bicyclic) bond motifs is 1. The Morgan fingerprint density at radius 1 is 1.46 bits per heavy atom. The van der Waals surface area contributed by atoms with E-state index in [1.54, 1.807) is 31.1 Å². The fourth-order valence-electron chi connectivity index (χ4n) is 3.27. The Labute approximate surface area is 165 Å². The number of aliphatic imine (C=N–C) groups is 1. The molecular formula is C19H18Cl2N2O2S. The summed E-state index contributed by atoms with van der Waals surface area (Å²) in [4.78, 5) is 17.2. The van der Waals surface area contributed by atoms with Crippen molar-refractivity contribution in [2.45, 2.75) is 35.1 Å². The van der Waals surface area contributed by atoms with E-state index in [0.717, 1.165) is 39.0 Å². The number of rotatable bonds is 5. The van der Waals surface area contributed by atoms with E-state index in [1.807, 2.05) is 18.2 Å². The second kappa shape index (κ2) is 7.91. The van der Waals surface area contributed by atoms with Gasteiger partial charge in [0, 0.05) is 46.4 Å². The highest BCUT2D eigenvalue weighted by Gasteiger charge is 2.30. The second-order valence-corrected chi connectivity index (χ2v) is 7.96. The zero-order valence-electron chi connectivity index (χ0n) is 14.2. The number of carbonyl (C=O) groups is 1. The minimum absolute atomic E-state index is 0.0287. The molecule has 1 aromatic heterocycles. The van der Waals surface area contributed by atoms with Gasteiger partial charge in [0.25, 0.3) is 0 Å². The normalized spacial score (nSPS) is 17.2. The molecule has 2 aromatic rings. The zero-order chi connectivity index (χ0) is 18.8. The largest absolute Gasteiger partial charge is 0.481 e. The molecule has 1 aliphatic rings. The van der Waals surface area contributed by atoms with Gasteiger partial charge in [0.15, 0.2) is 0 Å². The first-order valence-corrected chi connectivity index (χ1v) is 9.68. The van der Waals surface area contributed by atoms with Crippen molar-refractivity contribution in [1.29, 1.82) is 0 Å². The molecule has 0 radical (unpaired) electrons. The highest BCUT2D eigenvalue weighted by atomic mass is 35.5. The molecule has 1 unspecified atom stereocenters. The fourth-order valence-corrected chi connectivity index (χ4v) is 4.79. The van der Waals surface area contributed by atoms with Crippen molar-refractivity contribution in [2.75, 3.05) is 7.05 Å². The van der Waals surface area contributed by atoms with Gasteiger partial charge in [0.05, 0.1) is 21.8 Å². The number of nitrogens with zero attached hydrogens (tertiary/aromatic N) is 2. The lowest BCUT2D eigenvalue weighted by Crippen LogP contribution is -2.28. The summed E-state index contributed by atoms with van der Waals surface area (Å²) in [5.74, 6) is -0.819. The third-order valence-electron chi connectivity index (χ3n) is 4.40. The number of carboxylic acid groups (broad SMARTS) is 1. The minimum Gasteiger partial charge on any atom is -0.481 e. The lowest BCUT2D eigenvalue weighted by Gasteiger charge is -2.10. The molecule has 4 nitrogen and oxygen atoms in total. The molecule has 1 N–H and O–H groups in total. The standard InChI is InChI=1S/C19H18Cl2N2O2S/c1-11-16(5-7-22-2)23-8-6-12(9-17(24)25)18(23)19(11)26-13-3-4-14(20)15(21)10-13/h3-5,7,10,12H,1,6,8-9H2,2H3,(H,24,25)/b16-5+,22-7-. The van der Waals surface area contributed by atoms with Crippen LogP contribution in [0.5, 0.6) is 0 Å². The Morgan fingerprint density at radius 3 is 2.88 bits per heavy atom. The summed E-state index contributed by atoms with van der Waals surface area (Å²) in [6, 6.07) is 5.48. The molecule has 26 heavy (non-hydrogen) atoms. The van der Waals surface area contributed by atoms with E-state index in [9.17, 15) is 9.90 Å². The molecular weight excluding hydrogens is 391 g/mol. The zero-order valence-corrected chi connectivity index (χ0v) is 16.5. The maximum absolute atomic E-state index is 11.3. The van der Waals surface area contributed by atoms with Crippen molar-refractivity contribution in [2.24, 2.45) is 4.99 Å². The number of hydrogen-bond acceptors (Lipinski definition) is 3. The van der Waals surface area contributed by atoms with Gasteiger partial charge in [0.2, 0.25) is 0 Å². The van der Waals surface area contributed by atoms with E-state index < -0.39 is 5.97 Å². The van der Waals surface area contributed by atoms with Gasteiger partial charge in [-0.2, -0.15) is 0 Å². The second-order valence-electron chi connectivity index (χ2n) is 6.07. The van der Waals surface area contributed by atoms with E-state index >= 15 is 0 Å². The maximum atomic E-state index is 11.3. The Balaban J connectivity index is 2.13. The number of benzene rings is 1. The van der Waals surface area contributed by atoms with Crippen LogP contribution in [0, 0.1) is 0 Å². The van der Waals surface area contributed by atoms with Crippen LogP contribution >= 0.6 is 35.0 Å². The molecule has 0 aliphatic carbocycles. The van der Waals surface area contributed by atoms with Gasteiger partial charge >= 0.3 is 5.97 Å². The quantitative estimate of drug-likeness (QED) is 0.765. The van der Waals surface area contributed by atoms with Crippen LogP contribution in [0.15, 0.2) is 33.0 Å². The van der Waals surface area contributed by atoms with Crippen LogP contribution in [0.3, 0.4) is 0 Å². The molecule has 1 atom stereocenters. The molecule has 3 rings (SSSR count). The fraction of sp³-hybridized carbons (Fsp3) is 0.263. The molecule has 7 heteroatoms. The maximum Gasteiger partial charge on any atom is 0.304 e. The first-order chi connectivity index (χ1) is 12.4. The van der Waals surface area contributed by atoms with Gasteiger partial charge in [-0.05, 0) is 30.7 Å². The summed E-state index contributed by atoms with van der Waals surface area (Å²) in [5, 5.41) is 12.1. The van der Waals surface area contributed by atoms with E-state index in [4.69, 9.17) is 23.2 Å². The highest BCUT2D eigenvalue weighted by Crippen LogP contribution is 2.39. The smallest absolute Gasteiger partial charge is 0.304 e. The lowest BCUT2D eigenvalue weighted by molar-refractivity contribution is -0.137. The Bertz CT molecular complexity index is 998. The number of carboxylic acids is 1. The van der Waals surface area contributed by atoms with E-state index in [0.29, 0.717) is 10.0 Å². The molecule has 0 spiro atoms. The van der Waals surface area contributed by atoms with Crippen molar-refractivity contribution >= 4 is 59.8 Å². The van der Waals surface area contributed by atoms with Crippen molar-refractivity contribution in [1.82, 2.24) is 4.57 Å². The van der Waals surface area contributed by atoms with Crippen molar-refractivity contribution < 1.29 is 9.90 Å². The van der Waals surface area contributed by atoms with Gasteiger partial charge in [0.1, 0.15) is 0 Å². The number of aromatic nitrogens is 1. The summed E-state index contributed by atoms with van der Waals surface area (Å²) >= 11 is 13.7. The van der Waals surface area contributed by atoms with E-state index in [1.165, 1.54) is 0 Å². The summed E-state index contributed by atoms with van der Waals surface area (Å²) in [6.07, 6.45) is 4.57. The Kier molecular flexibility index (Phi) is 5.80. The first-order valence-electron chi connectivity index (χ1n) is 8.11. The molecule has 1 aromatic carbocycles. The van der Waals surface area contributed by atoms with Crippen molar-refractivity contribution in [3.63, 3.8) is 0 Å². The van der Waals surface area contributed by atoms with Crippen LogP contribution in [-0.2, 0) is 11.3 Å². The summed E-state index contributed by atoms with van der Waals surface area (Å²) < 4.78 is 2.16. The van der Waals surface area contributed by atoms with Crippen LogP contribution in [0.1, 0.15) is 24.5 Å². The number of aliphatic carboxylic acids is 1.